The van der Waals surface area contributed by atoms with Crippen LogP contribution in [0.15, 0.2) is 40.9 Å². The van der Waals surface area contributed by atoms with Crippen molar-refractivity contribution in [1.82, 2.24) is 0 Å². The molecule has 0 aromatic heterocycles. The minimum absolute atomic E-state index is 0.404. The van der Waals surface area contributed by atoms with Crippen molar-refractivity contribution in [2.24, 2.45) is 0 Å². The van der Waals surface area contributed by atoms with Gasteiger partial charge in [0.1, 0.15) is 12.4 Å². The molecule has 0 fully saturated rings. The van der Waals surface area contributed by atoms with Crippen LogP contribution in [0.2, 0.25) is 5.02 Å². The lowest BCUT2D eigenvalue weighted by Crippen LogP contribution is -1.99. The molecule has 0 radical (unpaired) electrons. The van der Waals surface area contributed by atoms with E-state index in [9.17, 15) is 4.79 Å². The van der Waals surface area contributed by atoms with E-state index < -0.39 is 0 Å². The van der Waals surface area contributed by atoms with E-state index in [-0.39, 0.29) is 0 Å². The van der Waals surface area contributed by atoms with Crippen LogP contribution in [0.1, 0.15) is 21.5 Å². The lowest BCUT2D eigenvalue weighted by Gasteiger charge is -2.11. The van der Waals surface area contributed by atoms with Gasteiger partial charge in [0.25, 0.3) is 0 Å². The third-order valence-corrected chi connectivity index (χ3v) is 3.48. The van der Waals surface area contributed by atoms with E-state index in [2.05, 4.69) is 15.9 Å². The molecule has 4 heteroatoms. The normalized spacial score (nSPS) is 10.3. The maximum absolute atomic E-state index is 11.0. The molecular formula is C15H12BrClO2. The molecule has 0 atom stereocenters. The first kappa shape index (κ1) is 14.1. The molecule has 2 rings (SSSR count). The van der Waals surface area contributed by atoms with Gasteiger partial charge in [-0.1, -0.05) is 41.4 Å². The zero-order valence-electron chi connectivity index (χ0n) is 10.3. The summed E-state index contributed by atoms with van der Waals surface area (Å²) in [5, 5.41) is 0.497. The van der Waals surface area contributed by atoms with Gasteiger partial charge in [-0.15, -0.1) is 0 Å². The average molecular weight is 340 g/mol. The van der Waals surface area contributed by atoms with E-state index in [1.165, 1.54) is 5.56 Å². The molecule has 2 aromatic rings. The lowest BCUT2D eigenvalue weighted by atomic mass is 10.1. The molecule has 0 saturated heterocycles. The van der Waals surface area contributed by atoms with Crippen LogP contribution in [0.25, 0.3) is 0 Å². The van der Waals surface area contributed by atoms with Crippen molar-refractivity contribution < 1.29 is 9.53 Å². The molecule has 0 aliphatic heterocycles. The number of hydrogen-bond acceptors (Lipinski definition) is 2. The van der Waals surface area contributed by atoms with Gasteiger partial charge in [0, 0.05) is 5.02 Å². The first-order valence-corrected chi connectivity index (χ1v) is 6.90. The highest BCUT2D eigenvalue weighted by atomic mass is 79.9. The summed E-state index contributed by atoms with van der Waals surface area (Å²) in [6.07, 6.45) is 0.737. The van der Waals surface area contributed by atoms with E-state index in [0.29, 0.717) is 27.4 Å². The van der Waals surface area contributed by atoms with E-state index in [0.717, 1.165) is 11.8 Å². The van der Waals surface area contributed by atoms with Crippen molar-refractivity contribution in [2.75, 3.05) is 0 Å². The molecule has 98 valence electrons. The van der Waals surface area contributed by atoms with E-state index >= 15 is 0 Å². The van der Waals surface area contributed by atoms with Gasteiger partial charge < -0.3 is 4.74 Å². The largest absolute Gasteiger partial charge is 0.487 e. The molecule has 0 aliphatic rings. The van der Waals surface area contributed by atoms with Gasteiger partial charge in [0.05, 0.1) is 10.0 Å². The van der Waals surface area contributed by atoms with Crippen LogP contribution >= 0.6 is 27.5 Å². The lowest BCUT2D eigenvalue weighted by molar-refractivity contribution is 0.111. The van der Waals surface area contributed by atoms with E-state index in [4.69, 9.17) is 16.3 Å². The van der Waals surface area contributed by atoms with Gasteiger partial charge >= 0.3 is 0 Å². The number of carbonyl (C=O) groups excluding carboxylic acids is 1. The predicted octanol–water partition coefficient (Wildman–Crippen LogP) is 4.80. The van der Waals surface area contributed by atoms with Crippen LogP contribution in [0.3, 0.4) is 0 Å². The Bertz CT molecular complexity index is 594. The standard InChI is InChI=1S/C15H12BrClO2/c1-10-2-4-11(5-3-10)9-19-15-12(8-18)6-13(17)7-14(15)16/h2-8H,9H2,1H3. The molecule has 0 amide bonds. The first-order valence-electron chi connectivity index (χ1n) is 5.72. The summed E-state index contributed by atoms with van der Waals surface area (Å²) in [6, 6.07) is 11.3. The van der Waals surface area contributed by atoms with Crippen molar-refractivity contribution in [3.05, 3.63) is 62.6 Å². The molecule has 19 heavy (non-hydrogen) atoms. The van der Waals surface area contributed by atoms with Crippen LogP contribution in [0, 0.1) is 6.92 Å². The predicted molar refractivity (Wildman–Crippen MR) is 80.1 cm³/mol. The van der Waals surface area contributed by atoms with Gasteiger partial charge in [0.15, 0.2) is 6.29 Å². The average Bonchev–Trinajstić information content (AvgIpc) is 2.39. The van der Waals surface area contributed by atoms with Crippen molar-refractivity contribution in [2.45, 2.75) is 13.5 Å². The highest BCUT2D eigenvalue weighted by Crippen LogP contribution is 2.32. The quantitative estimate of drug-likeness (QED) is 0.748. The second kappa shape index (κ2) is 6.22. The maximum Gasteiger partial charge on any atom is 0.153 e. The Morgan fingerprint density at radius 2 is 1.95 bits per heavy atom. The Labute approximate surface area is 125 Å². The van der Waals surface area contributed by atoms with Crippen molar-refractivity contribution >= 4 is 33.8 Å². The van der Waals surface area contributed by atoms with Gasteiger partial charge in [-0.3, -0.25) is 4.79 Å². The van der Waals surface area contributed by atoms with Crippen molar-refractivity contribution in [3.63, 3.8) is 0 Å². The SMILES string of the molecule is Cc1ccc(COc2c(Br)cc(Cl)cc2C=O)cc1. The summed E-state index contributed by atoms with van der Waals surface area (Å²) in [6.45, 7) is 2.44. The zero-order valence-corrected chi connectivity index (χ0v) is 12.7. The molecule has 0 aliphatic carbocycles. The van der Waals surface area contributed by atoms with Crippen LogP contribution in [0.4, 0.5) is 0 Å². The number of rotatable bonds is 4. The second-order valence-corrected chi connectivity index (χ2v) is 5.49. The van der Waals surface area contributed by atoms with Crippen LogP contribution in [0.5, 0.6) is 5.75 Å². The molecule has 2 nitrogen and oxygen atoms in total. The van der Waals surface area contributed by atoms with E-state index in [1.54, 1.807) is 12.1 Å². The second-order valence-electron chi connectivity index (χ2n) is 4.20. The molecule has 0 bridgehead atoms. The van der Waals surface area contributed by atoms with Crippen LogP contribution < -0.4 is 4.74 Å². The molecule has 0 saturated carbocycles. The minimum Gasteiger partial charge on any atom is -0.487 e. The summed E-state index contributed by atoms with van der Waals surface area (Å²) in [7, 11) is 0. The topological polar surface area (TPSA) is 26.3 Å². The smallest absolute Gasteiger partial charge is 0.153 e. The summed E-state index contributed by atoms with van der Waals surface area (Å²) in [5.74, 6) is 0.514. The fraction of sp³-hybridized carbons (Fsp3) is 0.133. The Balaban J connectivity index is 2.19. The highest BCUT2D eigenvalue weighted by Gasteiger charge is 2.10. The maximum atomic E-state index is 11.0. The Morgan fingerprint density at radius 1 is 1.26 bits per heavy atom. The number of aldehydes is 1. The fourth-order valence-electron chi connectivity index (χ4n) is 1.66. The Kier molecular flexibility index (Phi) is 4.61. The number of hydrogen-bond donors (Lipinski definition) is 0. The fourth-order valence-corrected chi connectivity index (χ4v) is 2.61. The number of halogens is 2. The number of carbonyl (C=O) groups is 1. The summed E-state index contributed by atoms with van der Waals surface area (Å²) in [5.41, 5.74) is 2.68. The summed E-state index contributed by atoms with van der Waals surface area (Å²) in [4.78, 5) is 11.0. The number of benzene rings is 2. The summed E-state index contributed by atoms with van der Waals surface area (Å²) >= 11 is 9.25. The molecule has 0 N–H and O–H groups in total. The van der Waals surface area contributed by atoms with Gasteiger partial charge in [-0.05, 0) is 40.5 Å². The summed E-state index contributed by atoms with van der Waals surface area (Å²) < 4.78 is 6.38. The van der Waals surface area contributed by atoms with E-state index in [1.807, 2.05) is 31.2 Å². The van der Waals surface area contributed by atoms with Crippen LogP contribution in [-0.4, -0.2) is 6.29 Å². The first-order chi connectivity index (χ1) is 9.10. The Hall–Kier alpha value is -1.32. The monoisotopic (exact) mass is 338 g/mol. The third-order valence-electron chi connectivity index (χ3n) is 2.67. The Morgan fingerprint density at radius 3 is 2.58 bits per heavy atom. The molecule has 0 spiro atoms. The van der Waals surface area contributed by atoms with Gasteiger partial charge in [-0.25, -0.2) is 0 Å². The minimum atomic E-state index is 0.404. The van der Waals surface area contributed by atoms with Gasteiger partial charge in [0.2, 0.25) is 0 Å². The molecule has 2 aromatic carbocycles. The number of aryl methyl sites for hydroxylation is 1. The molecular weight excluding hydrogens is 328 g/mol. The van der Waals surface area contributed by atoms with Crippen molar-refractivity contribution in [3.8, 4) is 5.75 Å². The highest BCUT2D eigenvalue weighted by molar-refractivity contribution is 9.10. The molecule has 0 heterocycles. The van der Waals surface area contributed by atoms with Crippen molar-refractivity contribution in [1.29, 1.82) is 0 Å². The number of ether oxygens (including phenoxy) is 1. The molecule has 0 unspecified atom stereocenters. The third kappa shape index (κ3) is 3.58. The van der Waals surface area contributed by atoms with Crippen LogP contribution in [-0.2, 0) is 6.61 Å². The van der Waals surface area contributed by atoms with Gasteiger partial charge in [-0.2, -0.15) is 0 Å². The zero-order chi connectivity index (χ0) is 13.8.